The summed E-state index contributed by atoms with van der Waals surface area (Å²) in [5.41, 5.74) is 2.52. The molecule has 0 fully saturated rings. The maximum Gasteiger partial charge on any atom is 0.265 e. The van der Waals surface area contributed by atoms with Crippen LogP contribution in [0.4, 0.5) is 11.4 Å². The molecule has 1 amide bonds. The maximum atomic E-state index is 13.0. The van der Waals surface area contributed by atoms with Crippen molar-refractivity contribution < 1.29 is 13.2 Å². The lowest BCUT2D eigenvalue weighted by Gasteiger charge is -2.18. The van der Waals surface area contributed by atoms with Gasteiger partial charge in [0.25, 0.3) is 10.0 Å². The van der Waals surface area contributed by atoms with E-state index in [9.17, 15) is 13.2 Å². The van der Waals surface area contributed by atoms with Gasteiger partial charge < -0.3 is 5.32 Å². The molecule has 1 aliphatic rings. The summed E-state index contributed by atoms with van der Waals surface area (Å²) in [6.07, 6.45) is 1.54. The quantitative estimate of drug-likeness (QED) is 0.563. The number of nitrogens with one attached hydrogen (secondary N) is 1. The summed E-state index contributed by atoms with van der Waals surface area (Å²) in [4.78, 5) is 17.2. The van der Waals surface area contributed by atoms with Crippen LogP contribution in [0, 0.1) is 6.92 Å². The molecule has 2 aromatic heterocycles. The van der Waals surface area contributed by atoms with Crippen LogP contribution in [0.25, 0.3) is 21.8 Å². The summed E-state index contributed by atoms with van der Waals surface area (Å²) in [6.45, 7) is 1.55. The van der Waals surface area contributed by atoms with Gasteiger partial charge in [-0.25, -0.2) is 13.4 Å². The largest absolute Gasteiger partial charge is 0.323 e. The molecule has 0 saturated carbocycles. The molecule has 0 atom stereocenters. The summed E-state index contributed by atoms with van der Waals surface area (Å²) in [5, 5.41) is 9.37. The van der Waals surface area contributed by atoms with Crippen LogP contribution < -0.4 is 9.62 Å². The molecule has 4 aromatic rings. The molecule has 0 bridgehead atoms. The topological polar surface area (TPSA) is 97.2 Å². The third-order valence-electron chi connectivity index (χ3n) is 5.12. The normalized spacial score (nSPS) is 14.6. The number of aromatic nitrogens is 3. The van der Waals surface area contributed by atoms with Crippen LogP contribution in [0.1, 0.15) is 5.69 Å². The van der Waals surface area contributed by atoms with E-state index in [2.05, 4.69) is 15.4 Å². The molecule has 5 rings (SSSR count). The number of benzene rings is 2. The Bertz CT molecular complexity index is 1420. The minimum absolute atomic E-state index is 0.229. The van der Waals surface area contributed by atoms with Crippen molar-refractivity contribution >= 4 is 49.1 Å². The number of hydrogen-bond acceptors (Lipinski definition) is 5. The van der Waals surface area contributed by atoms with Crippen molar-refractivity contribution in [1.29, 1.82) is 0 Å². The summed E-state index contributed by atoms with van der Waals surface area (Å²) in [7, 11) is -1.98. The second kappa shape index (κ2) is 6.02. The smallest absolute Gasteiger partial charge is 0.265 e. The molecule has 29 heavy (non-hydrogen) atoms. The van der Waals surface area contributed by atoms with Crippen LogP contribution >= 0.6 is 0 Å². The number of pyridine rings is 1. The Balaban J connectivity index is 1.46. The van der Waals surface area contributed by atoms with E-state index in [0.29, 0.717) is 22.4 Å². The molecule has 3 heterocycles. The molecular weight excluding hydrogens is 390 g/mol. The molecule has 0 unspecified atom stereocenters. The second-order valence-electron chi connectivity index (χ2n) is 7.00. The molecule has 0 saturated heterocycles. The zero-order valence-electron chi connectivity index (χ0n) is 15.7. The van der Waals surface area contributed by atoms with Crippen LogP contribution in [-0.4, -0.2) is 35.6 Å². The molecule has 0 spiro atoms. The lowest BCUT2D eigenvalue weighted by Crippen LogP contribution is -2.35. The Morgan fingerprint density at radius 2 is 1.93 bits per heavy atom. The number of aryl methyl sites for hydroxylation is 2. The number of carbonyl (C=O) groups excluding carboxylic acids is 1. The molecule has 0 aliphatic carbocycles. The summed E-state index contributed by atoms with van der Waals surface area (Å²) >= 11 is 0. The first-order chi connectivity index (χ1) is 13.9. The Morgan fingerprint density at radius 1 is 1.17 bits per heavy atom. The number of carbonyl (C=O) groups is 1. The molecule has 0 radical (unpaired) electrons. The van der Waals surface area contributed by atoms with Gasteiger partial charge in [0.05, 0.1) is 28.2 Å². The first kappa shape index (κ1) is 17.6. The van der Waals surface area contributed by atoms with Crippen molar-refractivity contribution in [1.82, 2.24) is 14.8 Å². The van der Waals surface area contributed by atoms with E-state index in [-0.39, 0.29) is 11.4 Å². The predicted octanol–water partition coefficient (Wildman–Crippen LogP) is 2.58. The Hall–Kier alpha value is -3.46. The first-order valence-electron chi connectivity index (χ1n) is 9.00. The average Bonchev–Trinajstić information content (AvgIpc) is 3.09. The van der Waals surface area contributed by atoms with Gasteiger partial charge in [-0.15, -0.1) is 0 Å². The van der Waals surface area contributed by atoms with E-state index in [4.69, 9.17) is 0 Å². The van der Waals surface area contributed by atoms with E-state index < -0.39 is 15.9 Å². The Labute approximate surface area is 166 Å². The van der Waals surface area contributed by atoms with Crippen LogP contribution in [0.2, 0.25) is 0 Å². The fraction of sp³-hybridized carbons (Fsp3) is 0.150. The minimum Gasteiger partial charge on any atom is -0.323 e. The number of amides is 1. The maximum absolute atomic E-state index is 13.0. The van der Waals surface area contributed by atoms with Crippen LogP contribution in [0.3, 0.4) is 0 Å². The van der Waals surface area contributed by atoms with Gasteiger partial charge in [0.15, 0.2) is 5.65 Å². The van der Waals surface area contributed by atoms with Crippen molar-refractivity contribution in [3.63, 3.8) is 0 Å². The molecule has 1 N–H and O–H groups in total. The van der Waals surface area contributed by atoms with Gasteiger partial charge in [0, 0.05) is 17.8 Å². The predicted molar refractivity (Wildman–Crippen MR) is 110 cm³/mol. The van der Waals surface area contributed by atoms with Gasteiger partial charge in [0.2, 0.25) is 5.91 Å². The van der Waals surface area contributed by atoms with Crippen molar-refractivity contribution in [3.05, 3.63) is 54.4 Å². The van der Waals surface area contributed by atoms with Gasteiger partial charge in [0.1, 0.15) is 6.54 Å². The third-order valence-corrected chi connectivity index (χ3v) is 6.92. The van der Waals surface area contributed by atoms with E-state index in [1.54, 1.807) is 42.1 Å². The lowest BCUT2D eigenvalue weighted by atomic mass is 10.1. The molecule has 8 nitrogen and oxygen atoms in total. The highest BCUT2D eigenvalue weighted by Gasteiger charge is 2.36. The van der Waals surface area contributed by atoms with Crippen LogP contribution in [0.5, 0.6) is 0 Å². The molecule has 9 heteroatoms. The first-order valence-corrected chi connectivity index (χ1v) is 10.4. The summed E-state index contributed by atoms with van der Waals surface area (Å²) < 4.78 is 28.8. The van der Waals surface area contributed by atoms with Crippen LogP contribution in [0.15, 0.2) is 53.6 Å². The SMILES string of the molecule is Cc1nn(C)c2ncc(NC(=O)CN3c4cccc5cccc(c45)S3(=O)=O)cc12. The van der Waals surface area contributed by atoms with Gasteiger partial charge in [-0.2, -0.15) is 5.10 Å². The zero-order chi connectivity index (χ0) is 20.3. The molecular formula is C20H17N5O3S. The number of rotatable bonds is 3. The van der Waals surface area contributed by atoms with E-state index >= 15 is 0 Å². The monoisotopic (exact) mass is 407 g/mol. The number of sulfonamides is 1. The van der Waals surface area contributed by atoms with Gasteiger partial charge in [-0.05, 0) is 30.5 Å². The highest BCUT2D eigenvalue weighted by Crippen LogP contribution is 2.41. The number of hydrogen-bond donors (Lipinski definition) is 1. The number of fused-ring (bicyclic) bond motifs is 1. The Morgan fingerprint density at radius 3 is 2.72 bits per heavy atom. The van der Waals surface area contributed by atoms with Gasteiger partial charge >= 0.3 is 0 Å². The fourth-order valence-electron chi connectivity index (χ4n) is 3.84. The summed E-state index contributed by atoms with van der Waals surface area (Å²) in [5.74, 6) is -0.443. The standard InChI is InChI=1S/C20H17N5O3S/c1-12-15-9-14(10-21-20(15)24(2)23-12)22-18(26)11-25-16-7-3-5-13-6-4-8-17(19(13)16)29(25,27)28/h3-10H,11H2,1-2H3,(H,22,26). The molecule has 1 aliphatic heterocycles. The van der Waals surface area contributed by atoms with E-state index in [1.165, 1.54) is 6.20 Å². The highest BCUT2D eigenvalue weighted by molar-refractivity contribution is 7.93. The molecule has 2 aromatic carbocycles. The van der Waals surface area contributed by atoms with Crippen molar-refractivity contribution in [2.75, 3.05) is 16.2 Å². The number of nitrogens with zero attached hydrogens (tertiary/aromatic N) is 4. The van der Waals surface area contributed by atoms with Crippen molar-refractivity contribution in [2.45, 2.75) is 11.8 Å². The van der Waals surface area contributed by atoms with Crippen molar-refractivity contribution in [3.8, 4) is 0 Å². The summed E-state index contributed by atoms with van der Waals surface area (Å²) in [6, 6.07) is 12.3. The van der Waals surface area contributed by atoms with Gasteiger partial charge in [-0.1, -0.05) is 24.3 Å². The lowest BCUT2D eigenvalue weighted by molar-refractivity contribution is -0.114. The van der Waals surface area contributed by atoms with Crippen LogP contribution in [-0.2, 0) is 21.9 Å². The second-order valence-corrected chi connectivity index (χ2v) is 8.83. The Kier molecular flexibility index (Phi) is 3.66. The third kappa shape index (κ3) is 2.58. The highest BCUT2D eigenvalue weighted by atomic mass is 32.2. The zero-order valence-corrected chi connectivity index (χ0v) is 16.6. The van der Waals surface area contributed by atoms with Crippen molar-refractivity contribution in [2.24, 2.45) is 7.05 Å². The average molecular weight is 407 g/mol. The van der Waals surface area contributed by atoms with Gasteiger partial charge in [-0.3, -0.25) is 13.8 Å². The molecule has 146 valence electrons. The van der Waals surface area contributed by atoms with E-state index in [1.807, 2.05) is 19.1 Å². The van der Waals surface area contributed by atoms with E-state index in [0.717, 1.165) is 20.8 Å². The number of anilines is 2. The minimum atomic E-state index is -3.78. The fourth-order valence-corrected chi connectivity index (χ4v) is 5.50.